The third kappa shape index (κ3) is 5.08. The first-order valence-electron chi connectivity index (χ1n) is 5.59. The fourth-order valence-electron chi connectivity index (χ4n) is 1.72. The fourth-order valence-corrected chi connectivity index (χ4v) is 2.38. The van der Waals surface area contributed by atoms with Gasteiger partial charge in [-0.05, 0) is 38.4 Å². The highest BCUT2D eigenvalue weighted by atomic mass is 32.2. The van der Waals surface area contributed by atoms with Gasteiger partial charge >= 0.3 is 0 Å². The van der Waals surface area contributed by atoms with Gasteiger partial charge in [0.05, 0.1) is 0 Å². The molecule has 1 fully saturated rings. The largest absolute Gasteiger partial charge is 0.317 e. The van der Waals surface area contributed by atoms with Crippen LogP contribution in [0.15, 0.2) is 0 Å². The number of nitrogens with one attached hydrogen (secondary N) is 2. The number of rotatable bonds is 6. The van der Waals surface area contributed by atoms with E-state index in [9.17, 15) is 4.21 Å². The Labute approximate surface area is 89.5 Å². The zero-order valence-electron chi connectivity index (χ0n) is 9.05. The van der Waals surface area contributed by atoms with E-state index in [1.54, 1.807) is 0 Å². The molecule has 0 saturated carbocycles. The Hall–Kier alpha value is 0.0700. The summed E-state index contributed by atoms with van der Waals surface area (Å²) in [6.45, 7) is 6.30. The van der Waals surface area contributed by atoms with E-state index in [0.717, 1.165) is 43.6 Å². The van der Waals surface area contributed by atoms with E-state index in [1.165, 1.54) is 12.8 Å². The van der Waals surface area contributed by atoms with Crippen molar-refractivity contribution in [1.29, 1.82) is 0 Å². The van der Waals surface area contributed by atoms with Gasteiger partial charge in [0.1, 0.15) is 0 Å². The maximum absolute atomic E-state index is 11.1. The summed E-state index contributed by atoms with van der Waals surface area (Å²) >= 11 is 0. The van der Waals surface area contributed by atoms with Gasteiger partial charge in [0.25, 0.3) is 0 Å². The zero-order chi connectivity index (χ0) is 10.2. The normalized spacial score (nSPS) is 20.9. The Morgan fingerprint density at radius 1 is 1.43 bits per heavy atom. The minimum absolute atomic E-state index is 0.608. The summed E-state index contributed by atoms with van der Waals surface area (Å²) in [5.41, 5.74) is 0. The molecule has 0 radical (unpaired) electrons. The van der Waals surface area contributed by atoms with Crippen LogP contribution in [0.3, 0.4) is 0 Å². The van der Waals surface area contributed by atoms with Crippen LogP contribution < -0.4 is 10.6 Å². The summed E-state index contributed by atoms with van der Waals surface area (Å²) in [5.74, 6) is 2.42. The Morgan fingerprint density at radius 2 is 2.14 bits per heavy atom. The second kappa shape index (κ2) is 7.37. The average molecular weight is 218 g/mol. The van der Waals surface area contributed by atoms with Crippen LogP contribution in [0.2, 0.25) is 0 Å². The minimum Gasteiger partial charge on any atom is -0.317 e. The highest BCUT2D eigenvalue weighted by Crippen LogP contribution is 2.09. The lowest BCUT2D eigenvalue weighted by Gasteiger charge is -2.22. The molecule has 0 aromatic rings. The third-order valence-electron chi connectivity index (χ3n) is 2.72. The molecule has 0 bridgehead atoms. The number of piperidine rings is 1. The first kappa shape index (κ1) is 12.1. The van der Waals surface area contributed by atoms with Gasteiger partial charge in [0.15, 0.2) is 0 Å². The fraction of sp³-hybridized carbons (Fsp3) is 1.00. The number of hydrogen-bond acceptors (Lipinski definition) is 3. The maximum Gasteiger partial charge on any atom is 0.0359 e. The maximum atomic E-state index is 11.1. The molecule has 1 aliphatic rings. The van der Waals surface area contributed by atoms with E-state index < -0.39 is 10.8 Å². The molecule has 2 N–H and O–H groups in total. The first-order valence-corrected chi connectivity index (χ1v) is 7.08. The van der Waals surface area contributed by atoms with Crippen LogP contribution in [0.5, 0.6) is 0 Å². The van der Waals surface area contributed by atoms with Gasteiger partial charge in [-0.15, -0.1) is 0 Å². The molecule has 4 heteroatoms. The predicted octanol–water partition coefficient (Wildman–Crippen LogP) is 0.344. The van der Waals surface area contributed by atoms with Gasteiger partial charge in [-0.25, -0.2) is 0 Å². The Bertz CT molecular complexity index is 170. The van der Waals surface area contributed by atoms with Crippen LogP contribution in [-0.4, -0.2) is 41.9 Å². The molecular weight excluding hydrogens is 196 g/mol. The monoisotopic (exact) mass is 218 g/mol. The van der Waals surface area contributed by atoms with Crippen LogP contribution in [0.25, 0.3) is 0 Å². The van der Waals surface area contributed by atoms with Crippen LogP contribution >= 0.6 is 0 Å². The summed E-state index contributed by atoms with van der Waals surface area (Å²) in [7, 11) is -0.608. The van der Waals surface area contributed by atoms with Crippen LogP contribution in [-0.2, 0) is 10.8 Å². The molecule has 1 aliphatic heterocycles. The van der Waals surface area contributed by atoms with Crippen molar-refractivity contribution < 1.29 is 4.21 Å². The van der Waals surface area contributed by atoms with E-state index in [0.29, 0.717) is 0 Å². The van der Waals surface area contributed by atoms with E-state index in [2.05, 4.69) is 10.6 Å². The highest BCUT2D eigenvalue weighted by molar-refractivity contribution is 7.84. The lowest BCUT2D eigenvalue weighted by molar-refractivity contribution is 0.360. The summed E-state index contributed by atoms with van der Waals surface area (Å²) in [4.78, 5) is 0. The third-order valence-corrected chi connectivity index (χ3v) is 4.02. The van der Waals surface area contributed by atoms with Gasteiger partial charge in [0, 0.05) is 28.9 Å². The molecular formula is C10H22N2OS. The number of hydrogen-bond donors (Lipinski definition) is 2. The van der Waals surface area contributed by atoms with Crippen LogP contribution in [0.4, 0.5) is 0 Å². The molecule has 0 amide bonds. The Morgan fingerprint density at radius 3 is 2.79 bits per heavy atom. The molecule has 1 saturated heterocycles. The van der Waals surface area contributed by atoms with Crippen LogP contribution in [0.1, 0.15) is 19.8 Å². The van der Waals surface area contributed by atoms with Crippen molar-refractivity contribution in [3.63, 3.8) is 0 Å². The topological polar surface area (TPSA) is 41.1 Å². The van der Waals surface area contributed by atoms with E-state index in [4.69, 9.17) is 0 Å². The quantitative estimate of drug-likeness (QED) is 0.632. The Kier molecular flexibility index (Phi) is 6.39. The van der Waals surface area contributed by atoms with Crippen molar-refractivity contribution in [2.24, 2.45) is 5.92 Å². The Balaban J connectivity index is 1.94. The van der Waals surface area contributed by atoms with E-state index in [1.807, 2.05) is 6.92 Å². The molecule has 1 atom stereocenters. The highest BCUT2D eigenvalue weighted by Gasteiger charge is 2.11. The predicted molar refractivity (Wildman–Crippen MR) is 62.0 cm³/mol. The second-order valence-electron chi connectivity index (χ2n) is 3.83. The van der Waals surface area contributed by atoms with E-state index >= 15 is 0 Å². The SMILES string of the molecule is CCS(=O)CCNCC1CCNCC1. The standard InChI is InChI=1S/C10H22N2OS/c1-2-14(13)8-7-12-9-10-3-5-11-6-4-10/h10-12H,2-9H2,1H3. The lowest BCUT2D eigenvalue weighted by atomic mass is 9.98. The smallest absolute Gasteiger partial charge is 0.0359 e. The molecule has 0 spiro atoms. The molecule has 1 rings (SSSR count). The molecule has 0 aliphatic carbocycles. The molecule has 0 aromatic heterocycles. The second-order valence-corrected chi connectivity index (χ2v) is 5.70. The molecule has 84 valence electrons. The van der Waals surface area contributed by atoms with Gasteiger partial charge in [0.2, 0.25) is 0 Å². The van der Waals surface area contributed by atoms with Crippen molar-refractivity contribution in [2.75, 3.05) is 37.7 Å². The zero-order valence-corrected chi connectivity index (χ0v) is 9.87. The average Bonchev–Trinajstić information content (AvgIpc) is 2.25. The summed E-state index contributed by atoms with van der Waals surface area (Å²) in [6, 6.07) is 0. The summed E-state index contributed by atoms with van der Waals surface area (Å²) in [6.07, 6.45) is 2.56. The van der Waals surface area contributed by atoms with Gasteiger partial charge in [-0.1, -0.05) is 6.92 Å². The molecule has 1 heterocycles. The molecule has 0 aromatic carbocycles. The van der Waals surface area contributed by atoms with Crippen molar-refractivity contribution in [3.8, 4) is 0 Å². The first-order chi connectivity index (χ1) is 6.83. The molecule has 14 heavy (non-hydrogen) atoms. The molecule has 1 unspecified atom stereocenters. The van der Waals surface area contributed by atoms with Crippen molar-refractivity contribution in [1.82, 2.24) is 10.6 Å². The van der Waals surface area contributed by atoms with Crippen LogP contribution in [0, 0.1) is 5.92 Å². The summed E-state index contributed by atoms with van der Waals surface area (Å²) < 4.78 is 11.1. The van der Waals surface area contributed by atoms with Gasteiger partial charge < -0.3 is 10.6 Å². The van der Waals surface area contributed by atoms with Gasteiger partial charge in [-0.3, -0.25) is 4.21 Å². The van der Waals surface area contributed by atoms with Gasteiger partial charge in [-0.2, -0.15) is 0 Å². The molecule has 3 nitrogen and oxygen atoms in total. The van der Waals surface area contributed by atoms with E-state index in [-0.39, 0.29) is 0 Å². The van der Waals surface area contributed by atoms with Crippen molar-refractivity contribution >= 4 is 10.8 Å². The lowest BCUT2D eigenvalue weighted by Crippen LogP contribution is -2.34. The van der Waals surface area contributed by atoms with Crippen molar-refractivity contribution in [2.45, 2.75) is 19.8 Å². The minimum atomic E-state index is -0.608. The van der Waals surface area contributed by atoms with Crippen molar-refractivity contribution in [3.05, 3.63) is 0 Å². The summed E-state index contributed by atoms with van der Waals surface area (Å²) in [5, 5.41) is 6.76.